The molecule has 0 aliphatic rings. The molecule has 0 bridgehead atoms. The van der Waals surface area contributed by atoms with Gasteiger partial charge in [0, 0.05) is 18.4 Å². The first kappa shape index (κ1) is 7.18. The van der Waals surface area contributed by atoms with Gasteiger partial charge in [-0.1, -0.05) is 0 Å². The monoisotopic (exact) mass is 137 g/mol. The van der Waals surface area contributed by atoms with Gasteiger partial charge in [-0.3, -0.25) is 16.3 Å². The Bertz CT molecular complexity index is 185. The molecule has 0 fully saturated rings. The van der Waals surface area contributed by atoms with Gasteiger partial charge in [0.05, 0.1) is 0 Å². The van der Waals surface area contributed by atoms with Gasteiger partial charge in [-0.2, -0.15) is 0 Å². The van der Waals surface area contributed by atoms with Crippen LogP contribution in [0.2, 0.25) is 0 Å². The smallest absolute Gasteiger partial charge is 0.0432 e. The zero-order valence-corrected chi connectivity index (χ0v) is 5.91. The first-order chi connectivity index (χ1) is 4.84. The van der Waals surface area contributed by atoms with E-state index in [1.165, 1.54) is 0 Å². The topological polar surface area (TPSA) is 50.9 Å². The lowest BCUT2D eigenvalue weighted by atomic mass is 10.1. The molecule has 1 heterocycles. The normalized spacial score (nSPS) is 13.0. The Morgan fingerprint density at radius 2 is 2.10 bits per heavy atom. The third-order valence-electron chi connectivity index (χ3n) is 1.46. The number of pyridine rings is 1. The van der Waals surface area contributed by atoms with Crippen LogP contribution in [0.3, 0.4) is 0 Å². The fourth-order valence-electron chi connectivity index (χ4n) is 0.748. The van der Waals surface area contributed by atoms with Crippen molar-refractivity contribution in [2.45, 2.75) is 13.0 Å². The van der Waals surface area contributed by atoms with Crippen molar-refractivity contribution in [2.75, 3.05) is 0 Å². The summed E-state index contributed by atoms with van der Waals surface area (Å²) in [6, 6.07) is 4.07. The molecule has 1 aromatic rings. The second-order valence-electron chi connectivity index (χ2n) is 2.17. The lowest BCUT2D eigenvalue weighted by molar-refractivity contribution is 0.602. The molecule has 3 heteroatoms. The average molecular weight is 137 g/mol. The Kier molecular flexibility index (Phi) is 2.36. The summed E-state index contributed by atoms with van der Waals surface area (Å²) in [6.07, 6.45) is 3.51. The van der Waals surface area contributed by atoms with Crippen LogP contribution < -0.4 is 11.3 Å². The Morgan fingerprint density at radius 3 is 2.60 bits per heavy atom. The Hall–Kier alpha value is -0.930. The van der Waals surface area contributed by atoms with Gasteiger partial charge in [-0.05, 0) is 24.6 Å². The molecule has 54 valence electrons. The molecule has 3 N–H and O–H groups in total. The molecule has 1 rings (SSSR count). The molecule has 0 spiro atoms. The van der Waals surface area contributed by atoms with Crippen LogP contribution >= 0.6 is 0 Å². The third kappa shape index (κ3) is 1.52. The van der Waals surface area contributed by atoms with Crippen LogP contribution in [-0.2, 0) is 0 Å². The second-order valence-corrected chi connectivity index (χ2v) is 2.17. The second kappa shape index (κ2) is 3.29. The maximum absolute atomic E-state index is 5.23. The van der Waals surface area contributed by atoms with E-state index < -0.39 is 0 Å². The molecule has 1 aromatic heterocycles. The molecule has 3 nitrogen and oxygen atoms in total. The quantitative estimate of drug-likeness (QED) is 0.463. The number of hydrogen-bond donors (Lipinski definition) is 2. The predicted molar refractivity (Wildman–Crippen MR) is 40.0 cm³/mol. The van der Waals surface area contributed by atoms with E-state index in [1.807, 2.05) is 19.1 Å². The molecule has 0 aliphatic carbocycles. The zero-order valence-electron chi connectivity index (χ0n) is 5.91. The standard InChI is InChI=1S/C7H11N3/c1-6(10-8)7-2-4-9-5-3-7/h2-6,10H,8H2,1H3/t6-/m0/s1. The fraction of sp³-hybridized carbons (Fsp3) is 0.286. The number of nitrogens with one attached hydrogen (secondary N) is 1. The predicted octanol–water partition coefficient (Wildman–Crippen LogP) is 0.606. The van der Waals surface area contributed by atoms with Crippen molar-refractivity contribution >= 4 is 0 Å². The number of hydrogen-bond acceptors (Lipinski definition) is 3. The number of aromatic nitrogens is 1. The molecule has 0 saturated carbocycles. The van der Waals surface area contributed by atoms with Crippen LogP contribution in [0, 0.1) is 0 Å². The molecule has 0 aromatic carbocycles. The van der Waals surface area contributed by atoms with Crippen molar-refractivity contribution in [3.8, 4) is 0 Å². The first-order valence-electron chi connectivity index (χ1n) is 3.20. The minimum atomic E-state index is 0.197. The lowest BCUT2D eigenvalue weighted by Crippen LogP contribution is -2.25. The Balaban J connectivity index is 2.75. The van der Waals surface area contributed by atoms with Crippen molar-refractivity contribution in [3.05, 3.63) is 30.1 Å². The summed E-state index contributed by atoms with van der Waals surface area (Å²) in [5.74, 6) is 5.23. The maximum Gasteiger partial charge on any atom is 0.0432 e. The molecule has 0 unspecified atom stereocenters. The van der Waals surface area contributed by atoms with Crippen LogP contribution in [0.5, 0.6) is 0 Å². The van der Waals surface area contributed by atoms with E-state index in [2.05, 4.69) is 10.4 Å². The molecule has 0 saturated heterocycles. The van der Waals surface area contributed by atoms with Gasteiger partial charge in [0.1, 0.15) is 0 Å². The van der Waals surface area contributed by atoms with Gasteiger partial charge < -0.3 is 0 Å². The van der Waals surface area contributed by atoms with Gasteiger partial charge in [-0.25, -0.2) is 0 Å². The minimum Gasteiger partial charge on any atom is -0.271 e. The first-order valence-corrected chi connectivity index (χ1v) is 3.20. The van der Waals surface area contributed by atoms with Gasteiger partial charge in [0.15, 0.2) is 0 Å². The van der Waals surface area contributed by atoms with Crippen molar-refractivity contribution in [2.24, 2.45) is 5.84 Å². The molecule has 0 aliphatic heterocycles. The fourth-order valence-corrected chi connectivity index (χ4v) is 0.748. The summed E-state index contributed by atoms with van der Waals surface area (Å²) in [6.45, 7) is 2.00. The highest BCUT2D eigenvalue weighted by Gasteiger charge is 1.98. The summed E-state index contributed by atoms with van der Waals surface area (Å²) in [5, 5.41) is 0. The van der Waals surface area contributed by atoms with Crippen LogP contribution in [0.4, 0.5) is 0 Å². The number of rotatable bonds is 2. The van der Waals surface area contributed by atoms with Crippen molar-refractivity contribution in [1.82, 2.24) is 10.4 Å². The van der Waals surface area contributed by atoms with E-state index in [0.717, 1.165) is 5.56 Å². The molecular formula is C7H11N3. The summed E-state index contributed by atoms with van der Waals surface area (Å²) >= 11 is 0. The summed E-state index contributed by atoms with van der Waals surface area (Å²) < 4.78 is 0. The largest absolute Gasteiger partial charge is 0.271 e. The highest BCUT2D eigenvalue weighted by molar-refractivity contribution is 5.13. The lowest BCUT2D eigenvalue weighted by Gasteiger charge is -2.08. The highest BCUT2D eigenvalue weighted by atomic mass is 15.2. The van der Waals surface area contributed by atoms with Crippen LogP contribution in [-0.4, -0.2) is 4.98 Å². The zero-order chi connectivity index (χ0) is 7.40. The number of hydrazine groups is 1. The van der Waals surface area contributed by atoms with Crippen molar-refractivity contribution in [3.63, 3.8) is 0 Å². The van der Waals surface area contributed by atoms with E-state index in [9.17, 15) is 0 Å². The summed E-state index contributed by atoms with van der Waals surface area (Å²) in [7, 11) is 0. The minimum absolute atomic E-state index is 0.197. The molecule has 0 radical (unpaired) electrons. The molecule has 1 atom stereocenters. The van der Waals surface area contributed by atoms with Crippen molar-refractivity contribution < 1.29 is 0 Å². The maximum atomic E-state index is 5.23. The van der Waals surface area contributed by atoms with E-state index in [1.54, 1.807) is 12.4 Å². The van der Waals surface area contributed by atoms with Gasteiger partial charge in [0.25, 0.3) is 0 Å². The van der Waals surface area contributed by atoms with Gasteiger partial charge in [0.2, 0.25) is 0 Å². The van der Waals surface area contributed by atoms with Crippen LogP contribution in [0.1, 0.15) is 18.5 Å². The number of nitrogens with zero attached hydrogens (tertiary/aromatic N) is 1. The molecule has 10 heavy (non-hydrogen) atoms. The van der Waals surface area contributed by atoms with E-state index in [0.29, 0.717) is 0 Å². The molecule has 0 amide bonds. The summed E-state index contributed by atoms with van der Waals surface area (Å²) in [4.78, 5) is 3.89. The Morgan fingerprint density at radius 1 is 1.50 bits per heavy atom. The van der Waals surface area contributed by atoms with E-state index in [4.69, 9.17) is 5.84 Å². The van der Waals surface area contributed by atoms with Crippen molar-refractivity contribution in [1.29, 1.82) is 0 Å². The summed E-state index contributed by atoms with van der Waals surface area (Å²) in [5.41, 5.74) is 3.80. The third-order valence-corrected chi connectivity index (χ3v) is 1.46. The highest BCUT2D eigenvalue weighted by Crippen LogP contribution is 2.07. The van der Waals surface area contributed by atoms with Crippen LogP contribution in [0.15, 0.2) is 24.5 Å². The Labute approximate surface area is 60.2 Å². The van der Waals surface area contributed by atoms with E-state index in [-0.39, 0.29) is 6.04 Å². The van der Waals surface area contributed by atoms with Gasteiger partial charge in [-0.15, -0.1) is 0 Å². The van der Waals surface area contributed by atoms with E-state index >= 15 is 0 Å². The number of nitrogens with two attached hydrogens (primary N) is 1. The molecular weight excluding hydrogens is 126 g/mol. The average Bonchev–Trinajstić information content (AvgIpc) is 2.05. The van der Waals surface area contributed by atoms with Crippen LogP contribution in [0.25, 0.3) is 0 Å². The SMILES string of the molecule is C[C@H](NN)c1ccncc1. The van der Waals surface area contributed by atoms with Gasteiger partial charge >= 0.3 is 0 Å².